The Morgan fingerprint density at radius 3 is 0.650 bits per heavy atom. The number of aldehydes is 1. The van der Waals surface area contributed by atoms with Crippen LogP contribution in [0.25, 0.3) is 0 Å². The average molecular weight is 2020 g/mol. The maximum atomic E-state index is 13.5. The van der Waals surface area contributed by atoms with Crippen molar-refractivity contribution < 1.29 is 113 Å². The van der Waals surface area contributed by atoms with Gasteiger partial charge in [-0.3, -0.25) is 42.5 Å². The van der Waals surface area contributed by atoms with E-state index in [4.69, 9.17) is 36.8 Å². The molecule has 0 radical (unpaired) electrons. The molecule has 35 heteroatoms. The van der Waals surface area contributed by atoms with Crippen LogP contribution in [0.15, 0.2) is 387 Å². The molecule has 0 aromatic heterocycles. The summed E-state index contributed by atoms with van der Waals surface area (Å²) in [5.41, 5.74) is 3.31. The number of carbonyl (C=O) groups excluding carboxylic acids is 11. The highest BCUT2D eigenvalue weighted by molar-refractivity contribution is 8.00. The van der Waals surface area contributed by atoms with Gasteiger partial charge in [0.1, 0.15) is 29.1 Å². The van der Waals surface area contributed by atoms with Crippen LogP contribution in [-0.2, 0) is 74.6 Å². The lowest BCUT2D eigenvalue weighted by atomic mass is 10.0. The summed E-state index contributed by atoms with van der Waals surface area (Å²) in [5, 5.41) is 14.7. The minimum atomic E-state index is -3.74. The third-order valence-electron chi connectivity index (χ3n) is 18.6. The predicted octanol–water partition coefficient (Wildman–Crippen LogP) is 24.2. The van der Waals surface area contributed by atoms with Crippen molar-refractivity contribution in [3.8, 4) is 0 Å². The zero-order chi connectivity index (χ0) is 101. The molecule has 28 nitrogen and oxygen atoms in total. The molecule has 0 fully saturated rings. The number of rotatable bonds is 46. The first kappa shape index (κ1) is 110. The lowest BCUT2D eigenvalue weighted by Gasteiger charge is -2.17. The summed E-state index contributed by atoms with van der Waals surface area (Å²) in [5.74, 6) is -5.10. The van der Waals surface area contributed by atoms with E-state index in [9.17, 15) is 66.4 Å². The number of carbonyl (C=O) groups is 11. The van der Waals surface area contributed by atoms with Crippen molar-refractivity contribution in [3.63, 3.8) is 0 Å². The molecule has 12 aromatic rings. The van der Waals surface area contributed by atoms with Crippen LogP contribution in [0.1, 0.15) is 156 Å². The van der Waals surface area contributed by atoms with E-state index < -0.39 is 88.3 Å². The van der Waals surface area contributed by atoms with E-state index in [0.29, 0.717) is 45.2 Å². The second-order valence-corrected chi connectivity index (χ2v) is 39.6. The van der Waals surface area contributed by atoms with Gasteiger partial charge in [-0.25, -0.2) is 19.2 Å². The molecule has 0 saturated heterocycles. The highest BCUT2D eigenvalue weighted by atomic mass is 32.2. The first-order valence-electron chi connectivity index (χ1n) is 43.6. The summed E-state index contributed by atoms with van der Waals surface area (Å²) < 4.78 is 71.0. The second-order valence-electron chi connectivity index (χ2n) is 28.9. The molecule has 722 valence electrons. The minimum Gasteiger partial charge on any atom is -0.318 e. The Morgan fingerprint density at radius 2 is 0.429 bits per heavy atom. The van der Waals surface area contributed by atoms with E-state index in [1.165, 1.54) is 23.5 Å². The fourth-order valence-corrected chi connectivity index (χ4v) is 20.4. The summed E-state index contributed by atoms with van der Waals surface area (Å²) in [4.78, 5) is 162. The molecule has 0 N–H and O–H groups in total. The molecular weight excluding hydrogens is 1920 g/mol. The van der Waals surface area contributed by atoms with Gasteiger partial charge in [0, 0.05) is 97.5 Å². The number of hydrogen-bond acceptors (Lipinski definition) is 32. The Hall–Kier alpha value is -13.3. The number of benzene rings is 12. The second kappa shape index (κ2) is 58.0. The molecule has 12 aromatic carbocycles. The summed E-state index contributed by atoms with van der Waals surface area (Å²) in [6, 6.07) is 96.2. The molecule has 12 rings (SSSR count). The number of nitrogens with zero attached hydrogens (tertiary/aromatic N) is 4. The quantitative estimate of drug-likeness (QED) is 0.00854. The van der Waals surface area contributed by atoms with Gasteiger partial charge >= 0.3 is 46.7 Å². The van der Waals surface area contributed by atoms with Gasteiger partial charge in [-0.15, -0.1) is 0 Å². The van der Waals surface area contributed by atoms with Crippen LogP contribution in [-0.4, -0.2) is 146 Å². The fourth-order valence-electron chi connectivity index (χ4n) is 12.2. The topological polar surface area (TPSA) is 381 Å². The lowest BCUT2D eigenvalue weighted by Crippen LogP contribution is -2.21. The highest BCUT2D eigenvalue weighted by Gasteiger charge is 2.35. The van der Waals surface area contributed by atoms with E-state index in [1.54, 1.807) is 259 Å². The Labute approximate surface area is 827 Å². The van der Waals surface area contributed by atoms with Gasteiger partial charge in [0.25, 0.3) is 0 Å². The van der Waals surface area contributed by atoms with E-state index >= 15 is 0 Å². The summed E-state index contributed by atoms with van der Waals surface area (Å²) in [7, 11) is -11.0. The summed E-state index contributed by atoms with van der Waals surface area (Å²) in [6.45, 7) is 13.0. The number of oxime groups is 4. The number of ketones is 6. The van der Waals surface area contributed by atoms with Crippen molar-refractivity contribution in [2.75, 3.05) is 58.1 Å². The third-order valence-corrected chi connectivity index (χ3v) is 28.6. The molecule has 0 bridgehead atoms. The molecule has 0 saturated carbocycles. The number of Topliss-reactive ketones (excluding diaryl/α,β-unsaturated/α-hetero) is 4. The van der Waals surface area contributed by atoms with E-state index in [0.717, 1.165) is 53.0 Å². The van der Waals surface area contributed by atoms with Crippen LogP contribution in [0, 0.1) is 0 Å². The van der Waals surface area contributed by atoms with Crippen molar-refractivity contribution >= 4 is 158 Å². The van der Waals surface area contributed by atoms with Crippen LogP contribution in [0.4, 0.5) is 0 Å². The van der Waals surface area contributed by atoms with Crippen LogP contribution in [0.3, 0.4) is 0 Å². The van der Waals surface area contributed by atoms with Gasteiger partial charge in [0.2, 0.25) is 23.1 Å². The molecule has 140 heavy (non-hydrogen) atoms. The molecule has 0 unspecified atom stereocenters. The van der Waals surface area contributed by atoms with Crippen LogP contribution in [0.2, 0.25) is 0 Å². The van der Waals surface area contributed by atoms with Crippen LogP contribution in [0.5, 0.6) is 0 Å². The molecule has 0 aliphatic carbocycles. The van der Waals surface area contributed by atoms with Crippen molar-refractivity contribution in [3.05, 3.63) is 383 Å². The lowest BCUT2D eigenvalue weighted by molar-refractivity contribution is -0.141. The first-order valence-corrected chi connectivity index (χ1v) is 52.1. The molecule has 0 aliphatic rings. The smallest absolute Gasteiger partial charge is 0.318 e. The fraction of sp³-hybridized carbons (Fsp3) is 0.171. The largest absolute Gasteiger partial charge is 0.365 e. The average Bonchev–Trinajstić information content (AvgIpc) is 0.833. The Kier molecular flexibility index (Phi) is 45.7. The highest BCUT2D eigenvalue weighted by Crippen LogP contribution is 2.51. The van der Waals surface area contributed by atoms with Crippen LogP contribution >= 0.6 is 69.8 Å². The van der Waals surface area contributed by atoms with E-state index in [2.05, 4.69) is 30.3 Å². The van der Waals surface area contributed by atoms with Gasteiger partial charge in [-0.1, -0.05) is 201 Å². The SMILES string of the molecule is CC(=O)O/N=C(\CC=O)C(=O)c1ccc(Sc2ccc(C(=O)c3ccccc3)cc2)cc1.CCOP(=O)(C/C(=N\OC(=O)c1ccccc1)C(=O)c1ccc(Sc2ccc(C(=O)c3ccccc3)cc2)cc1)OCC.CCOP(=O)(C/C(=N\OC(=O)c1ccccc1)C(=O)c1ccc(Sc2ccccc2)cc1)OCC.CCOP(=O)(C/C(=N\OC(C)=O)C(=O)c1ccc(Sc2ccccc2)cc1)OCC. The van der Waals surface area contributed by atoms with Crippen molar-refractivity contribution in [1.82, 2.24) is 0 Å². The predicted molar refractivity (Wildman–Crippen MR) is 540 cm³/mol. The Balaban J connectivity index is 0.000000211. The van der Waals surface area contributed by atoms with Crippen molar-refractivity contribution in [2.24, 2.45) is 20.6 Å². The third kappa shape index (κ3) is 36.5. The van der Waals surface area contributed by atoms with Gasteiger partial charge < -0.3 is 51.3 Å². The molecular formula is C105H99N4O24P3S4. The van der Waals surface area contributed by atoms with Gasteiger partial charge in [-0.05, 0) is 236 Å². The van der Waals surface area contributed by atoms with Gasteiger partial charge in [0.15, 0.2) is 11.6 Å². The van der Waals surface area contributed by atoms with Gasteiger partial charge in [-0.2, -0.15) is 0 Å². The maximum absolute atomic E-state index is 13.5. The molecule has 0 heterocycles. The van der Waals surface area contributed by atoms with Gasteiger partial charge in [0.05, 0.1) is 75.7 Å². The zero-order valence-electron chi connectivity index (χ0n) is 77.4. The molecule has 0 aliphatic heterocycles. The van der Waals surface area contributed by atoms with Crippen LogP contribution < -0.4 is 0 Å². The zero-order valence-corrected chi connectivity index (χ0v) is 83.3. The first-order chi connectivity index (χ1) is 67.6. The molecule has 0 spiro atoms. The van der Waals surface area contributed by atoms with E-state index in [-0.39, 0.29) is 97.2 Å². The molecule has 0 atom stereocenters. The normalized spacial score (nSPS) is 11.6. The molecule has 0 amide bonds. The monoisotopic (exact) mass is 2020 g/mol. The summed E-state index contributed by atoms with van der Waals surface area (Å²) in [6.07, 6.45) is -1.04. The maximum Gasteiger partial charge on any atom is 0.365 e. The van der Waals surface area contributed by atoms with Crippen molar-refractivity contribution in [1.29, 1.82) is 0 Å². The van der Waals surface area contributed by atoms with Crippen molar-refractivity contribution in [2.45, 2.75) is 101 Å². The number of hydrogen-bond donors (Lipinski definition) is 0. The summed E-state index contributed by atoms with van der Waals surface area (Å²) >= 11 is 6.05. The minimum absolute atomic E-state index is 0.0356. The standard InChI is InChI=1S/C33H30NO7PS.C26H26NO6PS.C25H19NO5S.C21H24NO6PS/c1-3-39-42(38,40-4-2)23-30(34-41-33(37)27-13-9-6-10-14-27)32(36)26-17-21-29(22-18-26)43-28-19-15-25(16-20-28)31(35)24-11-7-5-8-12-24;1-3-31-34(30,32-4-2)19-24(27-33-26(29)21-11-7-5-8-12-21)25(28)20-15-17-23(18-16-20)35-22-13-9-6-10-14-22;1-17(28)31-26-23(15-16-27)25(30)20-9-13-22(14-10-20)32-21-11-7-19(8-12-21)24(29)18-5-3-2-4-6-18;1-4-26-29(25,27-5-2)15-20(22-28-16(3)23)21(24)17-11-13-19(14-12-17)30-18-9-7-6-8-10-18/h5-22H,3-4,23H2,1-2H3;5-18H,3-4,19H2,1-2H3;2-14,16H,15H2,1H3;6-14H,4-5,15H2,1-3H3/b34-30+;27-24+;26-23+;22-20+. The van der Waals surface area contributed by atoms with E-state index in [1.807, 2.05) is 133 Å². The Morgan fingerprint density at radius 1 is 0.243 bits per heavy atom. The Bertz CT molecular complexity index is 6430.